The lowest BCUT2D eigenvalue weighted by molar-refractivity contribution is -0.137. The topological polar surface area (TPSA) is 37.0 Å². The zero-order valence-electron chi connectivity index (χ0n) is 8.53. The van der Waals surface area contributed by atoms with E-state index in [0.29, 0.717) is 13.1 Å². The molecule has 0 unspecified atom stereocenters. The van der Waals surface area contributed by atoms with Crippen molar-refractivity contribution in [2.45, 2.75) is 6.18 Å². The lowest BCUT2D eigenvalue weighted by atomic mass is 10.3. The summed E-state index contributed by atoms with van der Waals surface area (Å²) in [7, 11) is 1.77. The second-order valence-electron chi connectivity index (χ2n) is 3.08. The highest BCUT2D eigenvalue weighted by molar-refractivity contribution is 6.32. The highest BCUT2D eigenvalue weighted by atomic mass is 35.5. The van der Waals surface area contributed by atoms with E-state index in [1.807, 2.05) is 0 Å². The van der Waals surface area contributed by atoms with Crippen LogP contribution < -0.4 is 10.6 Å². The molecule has 3 nitrogen and oxygen atoms in total. The first-order valence-electron chi connectivity index (χ1n) is 4.56. The molecular weight excluding hydrogens is 243 g/mol. The Morgan fingerprint density at radius 2 is 2.06 bits per heavy atom. The molecule has 16 heavy (non-hydrogen) atoms. The third-order valence-electron chi connectivity index (χ3n) is 1.84. The van der Waals surface area contributed by atoms with Gasteiger partial charge in [-0.3, -0.25) is 0 Å². The Kier molecular flexibility index (Phi) is 4.37. The van der Waals surface area contributed by atoms with E-state index in [2.05, 4.69) is 15.6 Å². The van der Waals surface area contributed by atoms with Crippen molar-refractivity contribution in [2.75, 3.05) is 25.5 Å². The Morgan fingerprint density at radius 1 is 1.38 bits per heavy atom. The van der Waals surface area contributed by atoms with Crippen LogP contribution in [-0.2, 0) is 6.18 Å². The van der Waals surface area contributed by atoms with Crippen molar-refractivity contribution in [3.05, 3.63) is 22.8 Å². The predicted molar refractivity (Wildman–Crippen MR) is 56.7 cm³/mol. The first kappa shape index (κ1) is 13.1. The van der Waals surface area contributed by atoms with Crippen molar-refractivity contribution < 1.29 is 13.2 Å². The second kappa shape index (κ2) is 5.36. The number of halogens is 4. The van der Waals surface area contributed by atoms with Crippen LogP contribution in [0.5, 0.6) is 0 Å². The van der Waals surface area contributed by atoms with Gasteiger partial charge in [-0.2, -0.15) is 13.2 Å². The van der Waals surface area contributed by atoms with Crippen molar-refractivity contribution >= 4 is 17.4 Å². The molecule has 0 aliphatic rings. The van der Waals surface area contributed by atoms with Gasteiger partial charge in [0.25, 0.3) is 0 Å². The number of anilines is 1. The summed E-state index contributed by atoms with van der Waals surface area (Å²) in [5.74, 6) is 0.255. The molecule has 0 radical (unpaired) electrons. The molecule has 0 saturated carbocycles. The van der Waals surface area contributed by atoms with Gasteiger partial charge in [0.05, 0.1) is 10.6 Å². The van der Waals surface area contributed by atoms with Gasteiger partial charge in [-0.05, 0) is 13.1 Å². The number of hydrogen-bond acceptors (Lipinski definition) is 3. The molecule has 1 aromatic heterocycles. The molecule has 90 valence electrons. The lowest BCUT2D eigenvalue weighted by Gasteiger charge is -2.10. The summed E-state index contributed by atoms with van der Waals surface area (Å²) in [5.41, 5.74) is -0.850. The van der Waals surface area contributed by atoms with E-state index in [0.717, 1.165) is 12.3 Å². The van der Waals surface area contributed by atoms with Gasteiger partial charge in [-0.15, -0.1) is 0 Å². The van der Waals surface area contributed by atoms with Crippen LogP contribution in [-0.4, -0.2) is 25.1 Å². The van der Waals surface area contributed by atoms with Crippen LogP contribution in [0.25, 0.3) is 0 Å². The van der Waals surface area contributed by atoms with E-state index in [9.17, 15) is 13.2 Å². The molecule has 0 bridgehead atoms. The van der Waals surface area contributed by atoms with Crippen LogP contribution in [0, 0.1) is 0 Å². The van der Waals surface area contributed by atoms with E-state index < -0.39 is 11.7 Å². The molecule has 0 aliphatic carbocycles. The Hall–Kier alpha value is -1.01. The van der Waals surface area contributed by atoms with E-state index >= 15 is 0 Å². The van der Waals surface area contributed by atoms with Crippen molar-refractivity contribution in [1.29, 1.82) is 0 Å². The molecular formula is C9H11ClF3N3. The summed E-state index contributed by atoms with van der Waals surface area (Å²) in [6.07, 6.45) is -3.66. The van der Waals surface area contributed by atoms with Gasteiger partial charge in [-0.1, -0.05) is 11.6 Å². The van der Waals surface area contributed by atoms with E-state index in [1.54, 1.807) is 7.05 Å². The minimum Gasteiger partial charge on any atom is -0.368 e. The fourth-order valence-corrected chi connectivity index (χ4v) is 1.26. The van der Waals surface area contributed by atoms with Crippen molar-refractivity contribution in [2.24, 2.45) is 0 Å². The monoisotopic (exact) mass is 253 g/mol. The Balaban J connectivity index is 2.76. The number of alkyl halides is 3. The third kappa shape index (κ3) is 3.53. The Labute approximate surface area is 96.0 Å². The van der Waals surface area contributed by atoms with Crippen LogP contribution in [0.3, 0.4) is 0 Å². The van der Waals surface area contributed by atoms with Gasteiger partial charge in [0.2, 0.25) is 0 Å². The summed E-state index contributed by atoms with van der Waals surface area (Å²) in [5, 5.41) is 5.66. The first-order chi connectivity index (χ1) is 7.45. The SMILES string of the molecule is CNCCNc1ncc(C(F)(F)F)cc1Cl. The van der Waals surface area contributed by atoms with Crippen LogP contribution in [0.1, 0.15) is 5.56 Å². The van der Waals surface area contributed by atoms with Crippen LogP contribution in [0.15, 0.2) is 12.3 Å². The number of nitrogens with one attached hydrogen (secondary N) is 2. The largest absolute Gasteiger partial charge is 0.417 e. The average Bonchev–Trinajstić information content (AvgIpc) is 2.19. The number of nitrogens with zero attached hydrogens (tertiary/aromatic N) is 1. The fraction of sp³-hybridized carbons (Fsp3) is 0.444. The molecule has 2 N–H and O–H groups in total. The summed E-state index contributed by atoms with van der Waals surface area (Å²) < 4.78 is 36.8. The molecule has 7 heteroatoms. The number of aromatic nitrogens is 1. The molecule has 0 spiro atoms. The highest BCUT2D eigenvalue weighted by Gasteiger charge is 2.31. The van der Waals surface area contributed by atoms with Gasteiger partial charge < -0.3 is 10.6 Å². The van der Waals surface area contributed by atoms with E-state index in [4.69, 9.17) is 11.6 Å². The van der Waals surface area contributed by atoms with Gasteiger partial charge in [0, 0.05) is 19.3 Å². The van der Waals surface area contributed by atoms with Crippen molar-refractivity contribution in [3.8, 4) is 0 Å². The molecule has 0 fully saturated rings. The molecule has 1 rings (SSSR count). The zero-order chi connectivity index (χ0) is 12.2. The highest BCUT2D eigenvalue weighted by Crippen LogP contribution is 2.32. The van der Waals surface area contributed by atoms with Crippen LogP contribution >= 0.6 is 11.6 Å². The maximum atomic E-state index is 12.3. The minimum absolute atomic E-state index is 0.0362. The second-order valence-corrected chi connectivity index (χ2v) is 3.49. The summed E-state index contributed by atoms with van der Waals surface area (Å²) in [4.78, 5) is 3.63. The minimum atomic E-state index is -4.42. The molecule has 0 aliphatic heterocycles. The van der Waals surface area contributed by atoms with Gasteiger partial charge in [-0.25, -0.2) is 4.98 Å². The first-order valence-corrected chi connectivity index (χ1v) is 4.94. The average molecular weight is 254 g/mol. The number of pyridine rings is 1. The number of hydrogen-bond donors (Lipinski definition) is 2. The quantitative estimate of drug-likeness (QED) is 0.809. The number of rotatable bonds is 4. The molecule has 0 amide bonds. The molecule has 0 saturated heterocycles. The smallest absolute Gasteiger partial charge is 0.368 e. The molecule has 1 heterocycles. The number of likely N-dealkylation sites (N-methyl/N-ethyl adjacent to an activating group) is 1. The molecule has 0 atom stereocenters. The van der Waals surface area contributed by atoms with Gasteiger partial charge in [0.1, 0.15) is 5.82 Å². The maximum absolute atomic E-state index is 12.3. The fourth-order valence-electron chi connectivity index (χ4n) is 1.03. The molecule has 1 aromatic rings. The van der Waals surface area contributed by atoms with Crippen molar-refractivity contribution in [1.82, 2.24) is 10.3 Å². The molecule has 0 aromatic carbocycles. The van der Waals surface area contributed by atoms with E-state index in [1.165, 1.54) is 0 Å². The normalized spacial score (nSPS) is 11.6. The standard InChI is InChI=1S/C9H11ClF3N3/c1-14-2-3-15-8-7(10)4-6(5-16-8)9(11,12)13/h4-5,14H,2-3H2,1H3,(H,15,16). The predicted octanol–water partition coefficient (Wildman–Crippen LogP) is 2.39. The van der Waals surface area contributed by atoms with Gasteiger partial charge in [0.15, 0.2) is 0 Å². The Morgan fingerprint density at radius 3 is 2.56 bits per heavy atom. The summed E-state index contributed by atoms with van der Waals surface area (Å²) >= 11 is 5.67. The van der Waals surface area contributed by atoms with Crippen LogP contribution in [0.4, 0.5) is 19.0 Å². The maximum Gasteiger partial charge on any atom is 0.417 e. The summed E-state index contributed by atoms with van der Waals surface area (Å²) in [6.45, 7) is 1.20. The Bertz CT molecular complexity index is 354. The van der Waals surface area contributed by atoms with E-state index in [-0.39, 0.29) is 10.8 Å². The lowest BCUT2D eigenvalue weighted by Crippen LogP contribution is -2.18. The third-order valence-corrected chi connectivity index (χ3v) is 2.12. The van der Waals surface area contributed by atoms with Crippen molar-refractivity contribution in [3.63, 3.8) is 0 Å². The van der Waals surface area contributed by atoms with Crippen LogP contribution in [0.2, 0.25) is 5.02 Å². The zero-order valence-corrected chi connectivity index (χ0v) is 9.28. The summed E-state index contributed by atoms with van der Waals surface area (Å²) in [6, 6.07) is 0.857. The van der Waals surface area contributed by atoms with Gasteiger partial charge >= 0.3 is 6.18 Å².